The van der Waals surface area contributed by atoms with Crippen molar-refractivity contribution in [1.29, 1.82) is 5.41 Å². The van der Waals surface area contributed by atoms with Gasteiger partial charge in [-0.05, 0) is 36.4 Å². The van der Waals surface area contributed by atoms with Crippen molar-refractivity contribution >= 4 is 16.8 Å². The van der Waals surface area contributed by atoms with Crippen molar-refractivity contribution in [1.82, 2.24) is 9.24 Å². The van der Waals surface area contributed by atoms with Crippen molar-refractivity contribution in [2.75, 3.05) is 13.0 Å². The summed E-state index contributed by atoms with van der Waals surface area (Å²) in [5.41, 5.74) is 2.14. The van der Waals surface area contributed by atoms with Gasteiger partial charge in [0.15, 0.2) is 5.78 Å². The number of nitrogens with one attached hydrogen (secondary N) is 1. The van der Waals surface area contributed by atoms with Crippen LogP contribution in [0.4, 0.5) is 0 Å². The van der Waals surface area contributed by atoms with Crippen molar-refractivity contribution in [2.45, 2.75) is 6.54 Å². The van der Waals surface area contributed by atoms with Crippen LogP contribution in [-0.4, -0.2) is 22.1 Å². The number of nitrogens with zero attached hydrogens (tertiary/aromatic N) is 2. The van der Waals surface area contributed by atoms with Gasteiger partial charge in [-0.25, -0.2) is 4.68 Å². The lowest BCUT2D eigenvalue weighted by atomic mass is 10.1. The predicted octanol–water partition coefficient (Wildman–Crippen LogP) is 1.53. The smallest absolute Gasteiger partial charge is 0.222 e. The lowest BCUT2D eigenvalue weighted by Crippen LogP contribution is -2.31. The largest absolute Gasteiger partial charge is 0.497 e. The van der Waals surface area contributed by atoms with E-state index < -0.39 is 0 Å². The van der Waals surface area contributed by atoms with Gasteiger partial charge >= 0.3 is 0 Å². The fourth-order valence-corrected chi connectivity index (χ4v) is 2.43. The molecule has 0 fully saturated rings. The van der Waals surface area contributed by atoms with Gasteiger partial charge in [0.2, 0.25) is 5.62 Å². The molecule has 6 heteroatoms. The van der Waals surface area contributed by atoms with Crippen LogP contribution in [0.3, 0.4) is 0 Å². The Morgan fingerprint density at radius 2 is 1.77 bits per heavy atom. The summed E-state index contributed by atoms with van der Waals surface area (Å²) in [5, 5.41) is 8.07. The number of ketones is 1. The molecule has 3 N–H and O–H groups in total. The van der Waals surface area contributed by atoms with E-state index in [-0.39, 0.29) is 17.9 Å². The first-order valence-corrected chi connectivity index (χ1v) is 6.79. The minimum Gasteiger partial charge on any atom is -0.497 e. The van der Waals surface area contributed by atoms with Gasteiger partial charge in [-0.3, -0.25) is 10.2 Å². The van der Waals surface area contributed by atoms with E-state index in [4.69, 9.17) is 16.0 Å². The van der Waals surface area contributed by atoms with Crippen LogP contribution < -0.4 is 16.2 Å². The Morgan fingerprint density at radius 1 is 1.14 bits per heavy atom. The molecule has 2 aromatic carbocycles. The van der Waals surface area contributed by atoms with Crippen LogP contribution in [0.15, 0.2) is 48.5 Å². The lowest BCUT2D eigenvalue weighted by molar-refractivity contribution is 0.0971. The Balaban J connectivity index is 1.97. The second-order valence-corrected chi connectivity index (χ2v) is 4.92. The third-order valence-corrected chi connectivity index (χ3v) is 3.63. The number of aromatic nitrogens is 2. The molecule has 0 aliphatic heterocycles. The molecule has 0 bridgehead atoms. The molecule has 6 nitrogen and oxygen atoms in total. The van der Waals surface area contributed by atoms with Crippen molar-refractivity contribution < 1.29 is 9.53 Å². The minimum atomic E-state index is -0.0856. The molecule has 3 aromatic rings. The molecule has 0 aliphatic carbocycles. The molecule has 0 unspecified atom stereocenters. The number of nitrogen functional groups attached to an aromatic ring is 1. The van der Waals surface area contributed by atoms with Crippen molar-refractivity contribution in [3.8, 4) is 5.75 Å². The molecule has 0 saturated carbocycles. The van der Waals surface area contributed by atoms with Gasteiger partial charge in [0.05, 0.1) is 24.7 Å². The standard InChI is InChI=1S/C16H16N4O2/c1-22-12-8-6-11(7-9-12)15(21)10-19-13-4-2-3-5-14(13)20(18)16(19)17/h2-9,17H,10,18H2,1H3. The Labute approximate surface area is 126 Å². The number of fused-ring (bicyclic) bond motifs is 1. The van der Waals surface area contributed by atoms with E-state index in [0.717, 1.165) is 11.0 Å². The number of para-hydroxylation sites is 2. The fraction of sp³-hybridized carbons (Fsp3) is 0.125. The van der Waals surface area contributed by atoms with Gasteiger partial charge in [0.1, 0.15) is 5.75 Å². The fourth-order valence-electron chi connectivity index (χ4n) is 2.43. The lowest BCUT2D eigenvalue weighted by Gasteiger charge is -2.05. The number of hydrogen-bond acceptors (Lipinski definition) is 4. The zero-order valence-corrected chi connectivity index (χ0v) is 12.1. The van der Waals surface area contributed by atoms with E-state index in [9.17, 15) is 4.79 Å². The Hall–Kier alpha value is -3.02. The quantitative estimate of drug-likeness (QED) is 0.565. The predicted molar refractivity (Wildman–Crippen MR) is 83.3 cm³/mol. The van der Waals surface area contributed by atoms with E-state index in [1.54, 1.807) is 35.9 Å². The molecule has 1 heterocycles. The molecule has 0 amide bonds. The van der Waals surface area contributed by atoms with E-state index in [2.05, 4.69) is 0 Å². The number of imidazole rings is 1. The van der Waals surface area contributed by atoms with Crippen LogP contribution in [-0.2, 0) is 6.54 Å². The van der Waals surface area contributed by atoms with Crippen LogP contribution in [0.25, 0.3) is 11.0 Å². The summed E-state index contributed by atoms with van der Waals surface area (Å²) in [6.07, 6.45) is 0. The second kappa shape index (κ2) is 5.40. The number of methoxy groups -OCH3 is 1. The molecular formula is C16H16N4O2. The average molecular weight is 296 g/mol. The summed E-state index contributed by atoms with van der Waals surface area (Å²) in [5.74, 6) is 6.48. The van der Waals surface area contributed by atoms with E-state index >= 15 is 0 Å². The summed E-state index contributed by atoms with van der Waals surface area (Å²) in [6, 6.07) is 14.3. The van der Waals surface area contributed by atoms with Crippen LogP contribution in [0.5, 0.6) is 5.75 Å². The first-order chi connectivity index (χ1) is 10.6. The van der Waals surface area contributed by atoms with Crippen LogP contribution in [0.2, 0.25) is 0 Å². The number of nitrogens with two attached hydrogens (primary N) is 1. The van der Waals surface area contributed by atoms with Crippen LogP contribution in [0, 0.1) is 5.41 Å². The molecule has 3 rings (SSSR count). The average Bonchev–Trinajstić information content (AvgIpc) is 2.80. The molecule has 22 heavy (non-hydrogen) atoms. The van der Waals surface area contributed by atoms with Crippen molar-refractivity contribution in [2.24, 2.45) is 0 Å². The number of Topliss-reactive ketones (excluding diaryl/α,β-unsaturated/α-hetero) is 1. The van der Waals surface area contributed by atoms with Crippen molar-refractivity contribution in [3.63, 3.8) is 0 Å². The first-order valence-electron chi connectivity index (χ1n) is 6.79. The summed E-state index contributed by atoms with van der Waals surface area (Å²) in [4.78, 5) is 12.4. The third-order valence-electron chi connectivity index (χ3n) is 3.63. The maximum atomic E-state index is 12.4. The van der Waals surface area contributed by atoms with Gasteiger partial charge in [-0.15, -0.1) is 0 Å². The van der Waals surface area contributed by atoms with Gasteiger partial charge in [0.25, 0.3) is 0 Å². The Kier molecular flexibility index (Phi) is 3.42. The van der Waals surface area contributed by atoms with E-state index in [1.807, 2.05) is 24.3 Å². The van der Waals surface area contributed by atoms with Gasteiger partial charge in [-0.2, -0.15) is 0 Å². The molecular weight excluding hydrogens is 280 g/mol. The number of carbonyl (C=O) groups excluding carboxylic acids is 1. The molecule has 1 aromatic heterocycles. The molecule has 0 aliphatic rings. The normalized spacial score (nSPS) is 10.8. The van der Waals surface area contributed by atoms with Crippen molar-refractivity contribution in [3.05, 3.63) is 59.7 Å². The van der Waals surface area contributed by atoms with Gasteiger partial charge in [-0.1, -0.05) is 12.1 Å². The van der Waals surface area contributed by atoms with E-state index in [1.165, 1.54) is 4.68 Å². The minimum absolute atomic E-state index is 0.0654. The summed E-state index contributed by atoms with van der Waals surface area (Å²) >= 11 is 0. The number of carbonyl (C=O) groups is 1. The number of hydrogen-bond donors (Lipinski definition) is 2. The number of benzene rings is 2. The highest BCUT2D eigenvalue weighted by Crippen LogP contribution is 2.14. The maximum Gasteiger partial charge on any atom is 0.222 e. The Morgan fingerprint density at radius 3 is 2.41 bits per heavy atom. The zero-order chi connectivity index (χ0) is 15.7. The zero-order valence-electron chi connectivity index (χ0n) is 12.1. The SMILES string of the molecule is COc1ccc(C(=O)Cn2c(=N)n(N)c3ccccc32)cc1. The highest BCUT2D eigenvalue weighted by atomic mass is 16.5. The summed E-state index contributed by atoms with van der Waals surface area (Å²) in [7, 11) is 1.58. The van der Waals surface area contributed by atoms with E-state index in [0.29, 0.717) is 11.3 Å². The molecule has 0 saturated heterocycles. The molecule has 112 valence electrons. The number of ether oxygens (including phenoxy) is 1. The van der Waals surface area contributed by atoms with Gasteiger partial charge < -0.3 is 15.1 Å². The summed E-state index contributed by atoms with van der Waals surface area (Å²) in [6.45, 7) is 0.0654. The van der Waals surface area contributed by atoms with Crippen LogP contribution in [0.1, 0.15) is 10.4 Å². The molecule has 0 radical (unpaired) electrons. The van der Waals surface area contributed by atoms with Gasteiger partial charge in [0, 0.05) is 5.56 Å². The number of rotatable bonds is 4. The third kappa shape index (κ3) is 2.24. The highest BCUT2D eigenvalue weighted by molar-refractivity contribution is 5.96. The monoisotopic (exact) mass is 296 g/mol. The summed E-state index contributed by atoms with van der Waals surface area (Å²) < 4.78 is 7.95. The molecule has 0 spiro atoms. The first kappa shape index (κ1) is 13.9. The topological polar surface area (TPSA) is 86.0 Å². The molecule has 0 atom stereocenters. The highest BCUT2D eigenvalue weighted by Gasteiger charge is 2.13. The maximum absolute atomic E-state index is 12.4. The second-order valence-electron chi connectivity index (χ2n) is 4.92. The van der Waals surface area contributed by atoms with Crippen LogP contribution >= 0.6 is 0 Å². The Bertz CT molecular complexity index is 891.